The zero-order valence-electron chi connectivity index (χ0n) is 10.3. The van der Waals surface area contributed by atoms with E-state index in [0.717, 1.165) is 5.69 Å². The Balaban J connectivity index is 2.10. The van der Waals surface area contributed by atoms with Crippen LogP contribution in [-0.4, -0.2) is 20.1 Å². The second-order valence-electron chi connectivity index (χ2n) is 5.09. The van der Waals surface area contributed by atoms with Crippen LogP contribution < -0.4 is 5.73 Å². The number of aromatic nitrogens is 4. The summed E-state index contributed by atoms with van der Waals surface area (Å²) in [5, 5.41) is 3.95. The molecular formula is C11H17N5O. The second-order valence-corrected chi connectivity index (χ2v) is 5.09. The van der Waals surface area contributed by atoms with E-state index in [2.05, 4.69) is 20.1 Å². The summed E-state index contributed by atoms with van der Waals surface area (Å²) in [7, 11) is 0. The van der Waals surface area contributed by atoms with Gasteiger partial charge >= 0.3 is 0 Å². The first kappa shape index (κ1) is 11.8. The first-order valence-corrected chi connectivity index (χ1v) is 5.54. The van der Waals surface area contributed by atoms with Crippen LogP contribution in [0.3, 0.4) is 0 Å². The highest BCUT2D eigenvalue weighted by molar-refractivity contribution is 5.05. The molecule has 0 radical (unpaired) electrons. The molecule has 0 spiro atoms. The van der Waals surface area contributed by atoms with E-state index in [1.165, 1.54) is 0 Å². The summed E-state index contributed by atoms with van der Waals surface area (Å²) in [5.74, 6) is 1.14. The Morgan fingerprint density at radius 2 is 2.24 bits per heavy atom. The van der Waals surface area contributed by atoms with E-state index in [0.29, 0.717) is 18.1 Å². The van der Waals surface area contributed by atoms with E-state index in [1.54, 1.807) is 12.5 Å². The Hall–Kier alpha value is -1.69. The maximum Gasteiger partial charge on any atom is 0.243 e. The van der Waals surface area contributed by atoms with Gasteiger partial charge in [-0.3, -0.25) is 0 Å². The number of hydrogen-bond donors (Lipinski definition) is 2. The van der Waals surface area contributed by atoms with Crippen LogP contribution in [0.1, 0.15) is 44.2 Å². The number of imidazole rings is 1. The molecule has 3 N–H and O–H groups in total. The van der Waals surface area contributed by atoms with Crippen LogP contribution in [0.4, 0.5) is 0 Å². The molecule has 0 aromatic carbocycles. The highest BCUT2D eigenvalue weighted by Crippen LogP contribution is 2.21. The lowest BCUT2D eigenvalue weighted by atomic mass is 9.96. The van der Waals surface area contributed by atoms with E-state index < -0.39 is 0 Å². The quantitative estimate of drug-likeness (QED) is 0.837. The molecule has 0 aliphatic heterocycles. The molecule has 2 aromatic rings. The van der Waals surface area contributed by atoms with Crippen molar-refractivity contribution in [3.8, 4) is 0 Å². The largest absolute Gasteiger partial charge is 0.348 e. The minimum absolute atomic E-state index is 0.130. The summed E-state index contributed by atoms with van der Waals surface area (Å²) >= 11 is 0. The summed E-state index contributed by atoms with van der Waals surface area (Å²) in [5.41, 5.74) is 6.82. The van der Waals surface area contributed by atoms with Gasteiger partial charge in [0, 0.05) is 23.7 Å². The Kier molecular flexibility index (Phi) is 2.97. The third-order valence-corrected chi connectivity index (χ3v) is 2.42. The monoisotopic (exact) mass is 235 g/mol. The smallest absolute Gasteiger partial charge is 0.243 e. The van der Waals surface area contributed by atoms with Crippen molar-refractivity contribution in [2.45, 2.75) is 38.6 Å². The molecule has 0 saturated heterocycles. The van der Waals surface area contributed by atoms with Crippen molar-refractivity contribution < 1.29 is 4.52 Å². The third kappa shape index (κ3) is 2.71. The van der Waals surface area contributed by atoms with Crippen molar-refractivity contribution in [2.75, 3.05) is 0 Å². The van der Waals surface area contributed by atoms with Crippen molar-refractivity contribution >= 4 is 0 Å². The highest BCUT2D eigenvalue weighted by Gasteiger charge is 2.23. The molecule has 92 valence electrons. The summed E-state index contributed by atoms with van der Waals surface area (Å²) in [6.07, 6.45) is 3.96. The van der Waals surface area contributed by atoms with Crippen LogP contribution in [0, 0.1) is 0 Å². The topological polar surface area (TPSA) is 93.6 Å². The van der Waals surface area contributed by atoms with E-state index in [9.17, 15) is 0 Å². The Morgan fingerprint density at radius 1 is 1.47 bits per heavy atom. The highest BCUT2D eigenvalue weighted by atomic mass is 16.5. The number of nitrogens with one attached hydrogen (secondary N) is 1. The standard InChI is InChI=1S/C11H17N5O/c1-11(2,3)10-15-9(17-16-10)8(12)4-7-5-13-6-14-7/h5-6,8H,4,12H2,1-3H3,(H,13,14). The number of hydrogen-bond acceptors (Lipinski definition) is 5. The fourth-order valence-corrected chi connectivity index (χ4v) is 1.41. The molecule has 6 heteroatoms. The van der Waals surface area contributed by atoms with Crippen LogP contribution >= 0.6 is 0 Å². The zero-order valence-corrected chi connectivity index (χ0v) is 10.3. The molecular weight excluding hydrogens is 218 g/mol. The molecule has 2 rings (SSSR count). The fraction of sp³-hybridized carbons (Fsp3) is 0.545. The number of H-pyrrole nitrogens is 1. The molecule has 6 nitrogen and oxygen atoms in total. The Labute approximate surface area is 99.6 Å². The van der Waals surface area contributed by atoms with Gasteiger partial charge in [0.25, 0.3) is 0 Å². The van der Waals surface area contributed by atoms with Crippen LogP contribution in [0.5, 0.6) is 0 Å². The lowest BCUT2D eigenvalue weighted by Gasteiger charge is -2.11. The molecule has 0 saturated carbocycles. The van der Waals surface area contributed by atoms with Crippen LogP contribution in [0.2, 0.25) is 0 Å². The van der Waals surface area contributed by atoms with Gasteiger partial charge in [-0.05, 0) is 0 Å². The van der Waals surface area contributed by atoms with Gasteiger partial charge in [-0.25, -0.2) is 4.98 Å². The van der Waals surface area contributed by atoms with Crippen molar-refractivity contribution in [3.63, 3.8) is 0 Å². The molecule has 1 atom stereocenters. The normalized spacial score (nSPS) is 13.9. The van der Waals surface area contributed by atoms with Gasteiger partial charge in [-0.1, -0.05) is 25.9 Å². The summed E-state index contributed by atoms with van der Waals surface area (Å²) in [4.78, 5) is 11.3. The van der Waals surface area contributed by atoms with Gasteiger partial charge in [0.15, 0.2) is 5.82 Å². The summed E-state index contributed by atoms with van der Waals surface area (Å²) < 4.78 is 5.18. The van der Waals surface area contributed by atoms with Crippen LogP contribution in [0.25, 0.3) is 0 Å². The van der Waals surface area contributed by atoms with Crippen LogP contribution in [-0.2, 0) is 11.8 Å². The molecule has 0 aliphatic rings. The van der Waals surface area contributed by atoms with Crippen molar-refractivity contribution in [3.05, 3.63) is 29.9 Å². The van der Waals surface area contributed by atoms with Gasteiger partial charge < -0.3 is 15.2 Å². The van der Waals surface area contributed by atoms with E-state index >= 15 is 0 Å². The van der Waals surface area contributed by atoms with E-state index in [4.69, 9.17) is 10.3 Å². The van der Waals surface area contributed by atoms with Crippen LogP contribution in [0.15, 0.2) is 17.0 Å². The van der Waals surface area contributed by atoms with E-state index in [-0.39, 0.29) is 11.5 Å². The Bertz CT molecular complexity index is 468. The molecule has 0 aliphatic carbocycles. The minimum Gasteiger partial charge on any atom is -0.348 e. The van der Waals surface area contributed by atoms with Crippen molar-refractivity contribution in [1.82, 2.24) is 20.1 Å². The fourth-order valence-electron chi connectivity index (χ4n) is 1.41. The number of nitrogens with two attached hydrogens (primary N) is 1. The molecule has 0 amide bonds. The lowest BCUT2D eigenvalue weighted by molar-refractivity contribution is 0.343. The molecule has 0 fully saturated rings. The second kappa shape index (κ2) is 4.29. The van der Waals surface area contributed by atoms with Gasteiger partial charge in [-0.2, -0.15) is 4.98 Å². The molecule has 1 unspecified atom stereocenters. The predicted molar refractivity (Wildman–Crippen MR) is 62.2 cm³/mol. The predicted octanol–water partition coefficient (Wildman–Crippen LogP) is 1.33. The molecule has 2 heterocycles. The number of aromatic amines is 1. The van der Waals surface area contributed by atoms with Gasteiger partial charge in [0.05, 0.1) is 12.4 Å². The van der Waals surface area contributed by atoms with Gasteiger partial charge in [-0.15, -0.1) is 0 Å². The zero-order chi connectivity index (χ0) is 12.5. The Morgan fingerprint density at radius 3 is 2.76 bits per heavy atom. The number of rotatable bonds is 3. The first-order valence-electron chi connectivity index (χ1n) is 5.54. The molecule has 0 bridgehead atoms. The average Bonchev–Trinajstić information content (AvgIpc) is 2.85. The maximum atomic E-state index is 6.00. The van der Waals surface area contributed by atoms with Crippen molar-refractivity contribution in [2.24, 2.45) is 5.73 Å². The summed E-state index contributed by atoms with van der Waals surface area (Å²) in [6.45, 7) is 6.09. The van der Waals surface area contributed by atoms with Gasteiger partial charge in [0.2, 0.25) is 5.89 Å². The van der Waals surface area contributed by atoms with Crippen molar-refractivity contribution in [1.29, 1.82) is 0 Å². The van der Waals surface area contributed by atoms with E-state index in [1.807, 2.05) is 20.8 Å². The molecule has 17 heavy (non-hydrogen) atoms. The number of nitrogens with zero attached hydrogens (tertiary/aromatic N) is 3. The minimum atomic E-state index is -0.306. The summed E-state index contributed by atoms with van der Waals surface area (Å²) in [6, 6.07) is -0.306. The lowest BCUT2D eigenvalue weighted by Crippen LogP contribution is -2.16. The third-order valence-electron chi connectivity index (χ3n) is 2.42. The van der Waals surface area contributed by atoms with Gasteiger partial charge in [0.1, 0.15) is 0 Å². The molecule has 2 aromatic heterocycles. The maximum absolute atomic E-state index is 6.00. The average molecular weight is 235 g/mol. The first-order chi connectivity index (χ1) is 7.97. The SMILES string of the molecule is CC(C)(C)c1noc(C(N)Cc2cnc[nH]2)n1.